The number of likely N-dealkylation sites (tertiary alicyclic amines) is 1. The van der Waals surface area contributed by atoms with Gasteiger partial charge in [-0.1, -0.05) is 28.1 Å². The first-order valence-corrected chi connectivity index (χ1v) is 9.07. The summed E-state index contributed by atoms with van der Waals surface area (Å²) in [6, 6.07) is 4.45. The van der Waals surface area contributed by atoms with E-state index in [1.807, 2.05) is 6.07 Å². The van der Waals surface area contributed by atoms with E-state index in [9.17, 15) is 0 Å². The maximum Gasteiger partial charge on any atom is 0.166 e. The molecule has 5 rings (SSSR count). The number of hydrogen-bond donors (Lipinski definition) is 0. The van der Waals surface area contributed by atoms with Gasteiger partial charge < -0.3 is 9.47 Å². The lowest BCUT2D eigenvalue weighted by Crippen LogP contribution is -2.62. The standard InChI is InChI=1S/C18H19BrFNO2/c1-21-6-5-18-10-8-11(19)15(20)17(18)23-16-13(22-2)4-3-9(14(16)18)7-12(10)21/h3-4,8,11-12,15,17H,5-7H2,1-2H3/t11-,12-,15-,17+,18+/m1/s1. The smallest absolute Gasteiger partial charge is 0.166 e. The molecule has 5 heteroatoms. The molecule has 3 nitrogen and oxygen atoms in total. The third-order valence-electron chi connectivity index (χ3n) is 6.21. The molecule has 4 aliphatic rings. The molecule has 0 amide bonds. The minimum atomic E-state index is -1.05. The zero-order valence-corrected chi connectivity index (χ0v) is 14.8. The number of halogens is 2. The molecule has 0 aromatic heterocycles. The SMILES string of the molecule is COc1ccc2c3c1O[C@H]1[C@H](F)[C@H](Br)C=C4[C@@H](C2)N(C)CC[C@]431. The van der Waals surface area contributed by atoms with Crippen molar-refractivity contribution in [3.63, 3.8) is 0 Å². The number of piperidine rings is 1. The first-order valence-electron chi connectivity index (χ1n) is 8.15. The minimum absolute atomic E-state index is 0.286. The van der Waals surface area contributed by atoms with Gasteiger partial charge in [-0.25, -0.2) is 4.39 Å². The molecule has 1 aromatic carbocycles. The molecule has 1 fully saturated rings. The van der Waals surface area contributed by atoms with Gasteiger partial charge in [-0.2, -0.15) is 0 Å². The number of rotatable bonds is 1. The van der Waals surface area contributed by atoms with Gasteiger partial charge in [0.25, 0.3) is 0 Å². The lowest BCUT2D eigenvalue weighted by molar-refractivity contribution is 0.0314. The van der Waals surface area contributed by atoms with E-state index >= 15 is 4.39 Å². The van der Waals surface area contributed by atoms with E-state index in [1.54, 1.807) is 7.11 Å². The number of benzene rings is 1. The summed E-state index contributed by atoms with van der Waals surface area (Å²) < 4.78 is 26.8. The maximum atomic E-state index is 15.1. The number of likely N-dealkylation sites (N-methyl/N-ethyl adjacent to an activating group) is 1. The van der Waals surface area contributed by atoms with Crippen LogP contribution in [-0.2, 0) is 11.8 Å². The summed E-state index contributed by atoms with van der Waals surface area (Å²) in [6.07, 6.45) is 2.48. The second-order valence-corrected chi connectivity index (χ2v) is 8.16. The predicted molar refractivity (Wildman–Crippen MR) is 89.5 cm³/mol. The Labute approximate surface area is 143 Å². The number of nitrogens with zero attached hydrogens (tertiary/aromatic N) is 1. The number of methoxy groups -OCH3 is 1. The molecule has 2 aliphatic carbocycles. The van der Waals surface area contributed by atoms with E-state index in [0.717, 1.165) is 30.9 Å². The molecule has 23 heavy (non-hydrogen) atoms. The second kappa shape index (κ2) is 4.51. The summed E-state index contributed by atoms with van der Waals surface area (Å²) in [7, 11) is 3.82. The van der Waals surface area contributed by atoms with Crippen molar-refractivity contribution < 1.29 is 13.9 Å². The van der Waals surface area contributed by atoms with Crippen molar-refractivity contribution in [3.05, 3.63) is 34.9 Å². The van der Waals surface area contributed by atoms with E-state index in [0.29, 0.717) is 6.04 Å². The van der Waals surface area contributed by atoms with Crippen LogP contribution >= 0.6 is 15.9 Å². The Hall–Kier alpha value is -1.07. The summed E-state index contributed by atoms with van der Waals surface area (Å²) in [5, 5.41) is 0. The molecule has 1 spiro atoms. The van der Waals surface area contributed by atoms with Gasteiger partial charge in [0.2, 0.25) is 0 Å². The minimum Gasteiger partial charge on any atom is -0.493 e. The molecule has 5 atom stereocenters. The number of alkyl halides is 2. The quantitative estimate of drug-likeness (QED) is 0.552. The highest BCUT2D eigenvalue weighted by Crippen LogP contribution is 2.63. The van der Waals surface area contributed by atoms with Crippen molar-refractivity contribution in [2.24, 2.45) is 0 Å². The van der Waals surface area contributed by atoms with Crippen molar-refractivity contribution in [3.8, 4) is 11.5 Å². The van der Waals surface area contributed by atoms with Crippen LogP contribution in [0.15, 0.2) is 23.8 Å². The molecule has 0 N–H and O–H groups in total. The average Bonchev–Trinajstić information content (AvgIpc) is 2.89. The van der Waals surface area contributed by atoms with Gasteiger partial charge >= 0.3 is 0 Å². The number of ether oxygens (including phenoxy) is 2. The van der Waals surface area contributed by atoms with Crippen LogP contribution in [0.2, 0.25) is 0 Å². The molecule has 0 saturated carbocycles. The van der Waals surface area contributed by atoms with Crippen molar-refractivity contribution in [2.75, 3.05) is 20.7 Å². The zero-order valence-electron chi connectivity index (χ0n) is 13.2. The van der Waals surface area contributed by atoms with E-state index in [4.69, 9.17) is 9.47 Å². The van der Waals surface area contributed by atoms with Gasteiger partial charge in [-0.3, -0.25) is 4.90 Å². The number of allylic oxidation sites excluding steroid dienone is 1. The Morgan fingerprint density at radius 1 is 1.43 bits per heavy atom. The third-order valence-corrected chi connectivity index (χ3v) is 6.98. The van der Waals surface area contributed by atoms with Crippen LogP contribution in [0.5, 0.6) is 11.5 Å². The van der Waals surface area contributed by atoms with Crippen molar-refractivity contribution in [1.29, 1.82) is 0 Å². The molecule has 0 unspecified atom stereocenters. The Morgan fingerprint density at radius 2 is 2.26 bits per heavy atom. The summed E-state index contributed by atoms with van der Waals surface area (Å²) in [4.78, 5) is 2.11. The fourth-order valence-corrected chi connectivity index (χ4v) is 5.74. The molecule has 1 saturated heterocycles. The van der Waals surface area contributed by atoms with Crippen molar-refractivity contribution >= 4 is 15.9 Å². The van der Waals surface area contributed by atoms with Gasteiger partial charge in [-0.05, 0) is 43.6 Å². The molecular formula is C18H19BrFNO2. The lowest BCUT2D eigenvalue weighted by atomic mass is 9.56. The average molecular weight is 380 g/mol. The van der Waals surface area contributed by atoms with Gasteiger partial charge in [-0.15, -0.1) is 0 Å². The van der Waals surface area contributed by atoms with E-state index in [-0.39, 0.29) is 10.2 Å². The Morgan fingerprint density at radius 3 is 3.04 bits per heavy atom. The Balaban J connectivity index is 1.84. The van der Waals surface area contributed by atoms with Crippen LogP contribution in [-0.4, -0.2) is 48.7 Å². The van der Waals surface area contributed by atoms with Gasteiger partial charge in [0.1, 0.15) is 6.10 Å². The molecule has 2 bridgehead atoms. The van der Waals surface area contributed by atoms with Crippen molar-refractivity contribution in [2.45, 2.75) is 41.4 Å². The monoisotopic (exact) mass is 379 g/mol. The first-order chi connectivity index (χ1) is 11.1. The van der Waals surface area contributed by atoms with Crippen LogP contribution in [0.3, 0.4) is 0 Å². The van der Waals surface area contributed by atoms with Crippen LogP contribution in [0, 0.1) is 0 Å². The fraction of sp³-hybridized carbons (Fsp3) is 0.556. The normalized spacial score (nSPS) is 40.3. The fourth-order valence-electron chi connectivity index (χ4n) is 5.18. The van der Waals surface area contributed by atoms with E-state index in [2.05, 4.69) is 40.0 Å². The van der Waals surface area contributed by atoms with Gasteiger partial charge in [0.15, 0.2) is 17.7 Å². The molecule has 2 heterocycles. The first kappa shape index (κ1) is 14.3. The Kier molecular flexibility index (Phi) is 2.80. The van der Waals surface area contributed by atoms with E-state index in [1.165, 1.54) is 16.7 Å². The summed E-state index contributed by atoms with van der Waals surface area (Å²) in [5.74, 6) is 1.50. The van der Waals surface area contributed by atoms with Crippen LogP contribution in [0.25, 0.3) is 0 Å². The molecule has 2 aliphatic heterocycles. The van der Waals surface area contributed by atoms with Crippen molar-refractivity contribution in [1.82, 2.24) is 4.90 Å². The van der Waals surface area contributed by atoms with Crippen LogP contribution < -0.4 is 9.47 Å². The maximum absolute atomic E-state index is 15.1. The highest BCUT2D eigenvalue weighted by molar-refractivity contribution is 9.09. The zero-order chi connectivity index (χ0) is 15.9. The second-order valence-electron chi connectivity index (χ2n) is 7.10. The highest BCUT2D eigenvalue weighted by Gasteiger charge is 2.64. The molecule has 122 valence electrons. The molecule has 0 radical (unpaired) electrons. The molecule has 1 aromatic rings. The lowest BCUT2D eigenvalue weighted by Gasteiger charge is -2.54. The van der Waals surface area contributed by atoms with E-state index < -0.39 is 12.3 Å². The van der Waals surface area contributed by atoms with Gasteiger partial charge in [0, 0.05) is 11.6 Å². The topological polar surface area (TPSA) is 21.7 Å². The Bertz CT molecular complexity index is 736. The largest absolute Gasteiger partial charge is 0.493 e. The summed E-state index contributed by atoms with van der Waals surface area (Å²) >= 11 is 3.52. The predicted octanol–water partition coefficient (Wildman–Crippen LogP) is 3.00. The summed E-state index contributed by atoms with van der Waals surface area (Å²) in [5.41, 5.74) is 3.52. The number of hydrogen-bond acceptors (Lipinski definition) is 3. The highest BCUT2D eigenvalue weighted by atomic mass is 79.9. The molecular weight excluding hydrogens is 361 g/mol. The van der Waals surface area contributed by atoms with Gasteiger partial charge in [0.05, 0.1) is 17.4 Å². The third kappa shape index (κ3) is 1.53. The van der Waals surface area contributed by atoms with Crippen LogP contribution in [0.1, 0.15) is 17.5 Å². The van der Waals surface area contributed by atoms with Crippen LogP contribution in [0.4, 0.5) is 4.39 Å². The summed E-state index contributed by atoms with van der Waals surface area (Å²) in [6.45, 7) is 0.970.